The molecular weight excluding hydrogens is 280 g/mol. The molecule has 6 nitrogen and oxygen atoms in total. The summed E-state index contributed by atoms with van der Waals surface area (Å²) in [5.41, 5.74) is 0.761. The maximum absolute atomic E-state index is 11.7. The molecule has 0 spiro atoms. The summed E-state index contributed by atoms with van der Waals surface area (Å²) in [7, 11) is 1.28. The van der Waals surface area contributed by atoms with Crippen molar-refractivity contribution in [3.8, 4) is 11.8 Å². The maximum atomic E-state index is 11.7. The molecule has 1 aromatic rings. The lowest BCUT2D eigenvalue weighted by Crippen LogP contribution is -2.30. The van der Waals surface area contributed by atoms with Crippen LogP contribution in [0.2, 0.25) is 0 Å². The third-order valence-corrected chi connectivity index (χ3v) is 3.61. The van der Waals surface area contributed by atoms with E-state index >= 15 is 0 Å². The number of hydrogen-bond acceptors (Lipinski definition) is 5. The molecule has 7 heteroatoms. The number of nitrogens with zero attached hydrogens (tertiary/aromatic N) is 2. The average Bonchev–Trinajstić information content (AvgIpc) is 2.95. The molecule has 2 heterocycles. The van der Waals surface area contributed by atoms with Crippen LogP contribution in [0, 0.1) is 11.8 Å². The van der Waals surface area contributed by atoms with Gasteiger partial charge < -0.3 is 5.11 Å². The highest BCUT2D eigenvalue weighted by atomic mass is 32.1. The van der Waals surface area contributed by atoms with E-state index < -0.39 is 17.8 Å². The second kappa shape index (κ2) is 5.86. The van der Waals surface area contributed by atoms with Crippen LogP contribution in [0.3, 0.4) is 0 Å². The topological polar surface area (TPSA) is 77.9 Å². The van der Waals surface area contributed by atoms with Crippen LogP contribution in [0.1, 0.15) is 16.9 Å². The molecule has 0 aromatic carbocycles. The zero-order valence-electron chi connectivity index (χ0n) is 10.8. The minimum atomic E-state index is -0.811. The van der Waals surface area contributed by atoms with Crippen LogP contribution in [-0.4, -0.2) is 46.4 Å². The molecule has 0 bridgehead atoms. The fraction of sp³-hybridized carbons (Fsp3) is 0.308. The van der Waals surface area contributed by atoms with E-state index in [9.17, 15) is 14.4 Å². The summed E-state index contributed by atoms with van der Waals surface area (Å²) in [5, 5.41) is 10.4. The molecule has 4 amide bonds. The molecule has 1 aromatic heterocycles. The van der Waals surface area contributed by atoms with E-state index in [1.165, 1.54) is 18.4 Å². The van der Waals surface area contributed by atoms with Crippen molar-refractivity contribution in [2.45, 2.75) is 13.0 Å². The van der Waals surface area contributed by atoms with Crippen molar-refractivity contribution in [3.63, 3.8) is 0 Å². The van der Waals surface area contributed by atoms with E-state index in [1.54, 1.807) is 11.4 Å². The number of carbonyl (C=O) groups is 3. The highest BCUT2D eigenvalue weighted by Gasteiger charge is 2.42. The molecule has 1 aliphatic heterocycles. The normalized spacial score (nSPS) is 14.8. The van der Waals surface area contributed by atoms with E-state index in [0.717, 1.165) is 20.2 Å². The smallest absolute Gasteiger partial charge is 0.334 e. The molecule has 1 fully saturated rings. The Morgan fingerprint density at radius 2 is 2.05 bits per heavy atom. The highest BCUT2D eigenvalue weighted by molar-refractivity contribution is 7.10. The SMILES string of the molecule is CN1C(=O)C(=O)N(Cc2cc(C#CCCO)cs2)C1=O. The number of thiophene rings is 1. The van der Waals surface area contributed by atoms with Gasteiger partial charge in [0.2, 0.25) is 0 Å². The quantitative estimate of drug-likeness (QED) is 0.497. The van der Waals surface area contributed by atoms with Gasteiger partial charge in [0.25, 0.3) is 0 Å². The molecule has 0 atom stereocenters. The van der Waals surface area contributed by atoms with Gasteiger partial charge in [-0.15, -0.1) is 11.3 Å². The van der Waals surface area contributed by atoms with Crippen molar-refractivity contribution in [1.82, 2.24) is 9.80 Å². The highest BCUT2D eigenvalue weighted by Crippen LogP contribution is 2.19. The number of aliphatic hydroxyl groups is 1. The second-order valence-corrected chi connectivity index (χ2v) is 5.11. The fourth-order valence-electron chi connectivity index (χ4n) is 1.66. The summed E-state index contributed by atoms with van der Waals surface area (Å²) in [4.78, 5) is 37.2. The molecular formula is C13H12N2O4S. The van der Waals surface area contributed by atoms with Gasteiger partial charge in [-0.25, -0.2) is 4.79 Å². The van der Waals surface area contributed by atoms with Gasteiger partial charge in [-0.05, 0) is 6.07 Å². The van der Waals surface area contributed by atoms with Gasteiger partial charge in [-0.1, -0.05) is 11.8 Å². The number of carbonyl (C=O) groups excluding carboxylic acids is 3. The van der Waals surface area contributed by atoms with Crippen molar-refractivity contribution < 1.29 is 19.5 Å². The largest absolute Gasteiger partial charge is 0.395 e. The lowest BCUT2D eigenvalue weighted by atomic mass is 10.3. The van der Waals surface area contributed by atoms with E-state index in [0.29, 0.717) is 6.42 Å². The van der Waals surface area contributed by atoms with E-state index in [-0.39, 0.29) is 13.2 Å². The Morgan fingerprint density at radius 1 is 1.30 bits per heavy atom. The Labute approximate surface area is 119 Å². The number of urea groups is 1. The van der Waals surface area contributed by atoms with Gasteiger partial charge in [-0.3, -0.25) is 19.4 Å². The Balaban J connectivity index is 2.08. The standard InChI is InChI=1S/C13H12N2O4S/c1-14-11(17)12(18)15(13(14)19)7-10-6-9(8-20-10)4-2-3-5-16/h6,8,16H,3,5,7H2,1H3. The number of likely N-dealkylation sites (N-methyl/N-ethyl adjacent to an activating group) is 1. The fourth-order valence-corrected chi connectivity index (χ4v) is 2.46. The number of imide groups is 2. The Hall–Kier alpha value is -2.17. The first-order valence-electron chi connectivity index (χ1n) is 5.85. The van der Waals surface area contributed by atoms with Gasteiger partial charge in [0.1, 0.15) is 0 Å². The predicted octanol–water partition coefficient (Wildman–Crippen LogP) is 0.403. The van der Waals surface area contributed by atoms with Crippen LogP contribution in [-0.2, 0) is 16.1 Å². The molecule has 1 N–H and O–H groups in total. The molecule has 0 unspecified atom stereocenters. The Bertz CT molecular complexity index is 626. The molecule has 2 rings (SSSR count). The monoisotopic (exact) mass is 292 g/mol. The molecule has 104 valence electrons. The number of hydrogen-bond donors (Lipinski definition) is 1. The molecule has 0 saturated carbocycles. The molecule has 20 heavy (non-hydrogen) atoms. The van der Waals surface area contributed by atoms with Gasteiger partial charge in [0, 0.05) is 29.3 Å². The summed E-state index contributed by atoms with van der Waals surface area (Å²) in [6.45, 7) is 0.0787. The van der Waals surface area contributed by atoms with Crippen LogP contribution < -0.4 is 0 Å². The first-order valence-corrected chi connectivity index (χ1v) is 6.73. The van der Waals surface area contributed by atoms with Crippen molar-refractivity contribution >= 4 is 29.2 Å². The van der Waals surface area contributed by atoms with Crippen LogP contribution >= 0.6 is 11.3 Å². The number of amides is 4. The van der Waals surface area contributed by atoms with Crippen molar-refractivity contribution in [1.29, 1.82) is 0 Å². The molecule has 0 aliphatic carbocycles. The van der Waals surface area contributed by atoms with Crippen molar-refractivity contribution in [3.05, 3.63) is 21.9 Å². The molecule has 1 saturated heterocycles. The average molecular weight is 292 g/mol. The third kappa shape index (κ3) is 2.71. The summed E-state index contributed by atoms with van der Waals surface area (Å²) < 4.78 is 0. The van der Waals surface area contributed by atoms with E-state index in [2.05, 4.69) is 11.8 Å². The Kier molecular flexibility index (Phi) is 4.17. The van der Waals surface area contributed by atoms with Gasteiger partial charge >= 0.3 is 17.8 Å². The van der Waals surface area contributed by atoms with Gasteiger partial charge in [0.05, 0.1) is 13.2 Å². The lowest BCUT2D eigenvalue weighted by molar-refractivity contribution is -0.143. The lowest BCUT2D eigenvalue weighted by Gasteiger charge is -2.10. The first-order chi connectivity index (χ1) is 9.54. The van der Waals surface area contributed by atoms with Crippen LogP contribution in [0.5, 0.6) is 0 Å². The van der Waals surface area contributed by atoms with Gasteiger partial charge in [-0.2, -0.15) is 0 Å². The van der Waals surface area contributed by atoms with Gasteiger partial charge in [0.15, 0.2) is 0 Å². The van der Waals surface area contributed by atoms with Crippen molar-refractivity contribution in [2.75, 3.05) is 13.7 Å². The maximum Gasteiger partial charge on any atom is 0.334 e. The minimum absolute atomic E-state index is 0.00915. The summed E-state index contributed by atoms with van der Waals surface area (Å²) in [6, 6.07) is 1.15. The number of rotatable bonds is 3. The van der Waals surface area contributed by atoms with E-state index in [1.807, 2.05) is 0 Å². The summed E-state index contributed by atoms with van der Waals surface area (Å²) in [5.74, 6) is 4.04. The summed E-state index contributed by atoms with van der Waals surface area (Å²) in [6.07, 6.45) is 0.396. The number of aliphatic hydroxyl groups excluding tert-OH is 1. The zero-order valence-corrected chi connectivity index (χ0v) is 11.6. The van der Waals surface area contributed by atoms with Crippen LogP contribution in [0.15, 0.2) is 11.4 Å². The zero-order chi connectivity index (χ0) is 14.7. The molecule has 0 radical (unpaired) electrons. The summed E-state index contributed by atoms with van der Waals surface area (Å²) >= 11 is 1.36. The second-order valence-electron chi connectivity index (χ2n) is 4.12. The van der Waals surface area contributed by atoms with Crippen LogP contribution in [0.25, 0.3) is 0 Å². The third-order valence-electron chi connectivity index (χ3n) is 2.69. The first kappa shape index (κ1) is 14.2. The Morgan fingerprint density at radius 3 is 2.65 bits per heavy atom. The molecule has 1 aliphatic rings. The van der Waals surface area contributed by atoms with E-state index in [4.69, 9.17) is 5.11 Å². The predicted molar refractivity (Wildman–Crippen MR) is 71.6 cm³/mol. The van der Waals surface area contributed by atoms with Crippen LogP contribution in [0.4, 0.5) is 4.79 Å². The van der Waals surface area contributed by atoms with Crippen molar-refractivity contribution in [2.24, 2.45) is 0 Å². The minimum Gasteiger partial charge on any atom is -0.395 e.